The summed E-state index contributed by atoms with van der Waals surface area (Å²) < 4.78 is 0.878. The molecule has 152 valence electrons. The second-order valence-electron chi connectivity index (χ2n) is 6.49. The highest BCUT2D eigenvalue weighted by Crippen LogP contribution is 2.34. The Hall–Kier alpha value is -2.68. The number of nitrogens with one attached hydrogen (secondary N) is 1. The number of thiazole rings is 1. The zero-order chi connectivity index (χ0) is 20.9. The molecule has 0 saturated heterocycles. The lowest BCUT2D eigenvalue weighted by Gasteiger charge is -2.15. The molecule has 0 spiro atoms. The van der Waals surface area contributed by atoms with E-state index in [0.29, 0.717) is 16.4 Å². The van der Waals surface area contributed by atoms with E-state index in [0.717, 1.165) is 21.4 Å². The number of halogens is 1. The lowest BCUT2D eigenvalue weighted by atomic mass is 10.2. The molecule has 0 fully saturated rings. The van der Waals surface area contributed by atoms with Crippen molar-refractivity contribution < 1.29 is 4.79 Å². The van der Waals surface area contributed by atoms with Gasteiger partial charge in [0.1, 0.15) is 16.1 Å². The van der Waals surface area contributed by atoms with Crippen molar-refractivity contribution in [3.63, 3.8) is 0 Å². The maximum absolute atomic E-state index is 12.3. The maximum Gasteiger partial charge on any atom is 0.234 e. The van der Waals surface area contributed by atoms with Crippen LogP contribution in [0.3, 0.4) is 0 Å². The molecule has 4 aromatic rings. The molecule has 2 aromatic carbocycles. The van der Waals surface area contributed by atoms with Crippen molar-refractivity contribution >= 4 is 61.8 Å². The number of nitrogens with zero attached hydrogens (tertiary/aromatic N) is 4. The number of fused-ring (bicyclic) bond motifs is 1. The summed E-state index contributed by atoms with van der Waals surface area (Å²) in [6, 6.07) is 17.4. The van der Waals surface area contributed by atoms with Crippen LogP contribution in [0.25, 0.3) is 10.3 Å². The minimum atomic E-state index is -0.147. The molecule has 9 heteroatoms. The van der Waals surface area contributed by atoms with Gasteiger partial charge in [-0.05, 0) is 17.7 Å². The Balaban J connectivity index is 1.45. The number of benzene rings is 2. The molecule has 2 aromatic heterocycles. The van der Waals surface area contributed by atoms with E-state index in [-0.39, 0.29) is 11.7 Å². The molecule has 4 rings (SSSR count). The number of anilines is 2. The smallest absolute Gasteiger partial charge is 0.234 e. The number of rotatable bonds is 7. The summed E-state index contributed by atoms with van der Waals surface area (Å²) in [4.78, 5) is 27.7. The van der Waals surface area contributed by atoms with E-state index < -0.39 is 0 Å². The molecule has 0 saturated carbocycles. The Morgan fingerprint density at radius 2 is 1.90 bits per heavy atom. The summed E-state index contributed by atoms with van der Waals surface area (Å²) in [6.45, 7) is 0.747. The summed E-state index contributed by atoms with van der Waals surface area (Å²) in [5.74, 6) is 0.0653. The first-order valence-corrected chi connectivity index (χ1v) is 11.3. The molecular formula is C21H18ClN5OS2. The summed E-state index contributed by atoms with van der Waals surface area (Å²) in [7, 11) is 2.00. The number of carbonyl (C=O) groups excluding carboxylic acids is 1. The lowest BCUT2D eigenvalue weighted by molar-refractivity contribution is -0.113. The minimum absolute atomic E-state index is 0.147. The minimum Gasteiger partial charge on any atom is -0.347 e. The van der Waals surface area contributed by atoms with Gasteiger partial charge >= 0.3 is 0 Å². The molecular weight excluding hydrogens is 438 g/mol. The molecule has 0 radical (unpaired) electrons. The van der Waals surface area contributed by atoms with Crippen molar-refractivity contribution in [1.29, 1.82) is 0 Å². The van der Waals surface area contributed by atoms with Crippen molar-refractivity contribution in [2.45, 2.75) is 11.6 Å². The lowest BCUT2D eigenvalue weighted by Crippen LogP contribution is -2.15. The van der Waals surface area contributed by atoms with Crippen LogP contribution in [0.2, 0.25) is 5.02 Å². The standard InChI is InChI=1S/C21H18ClN5OS2/c1-27(11-14-7-3-2-4-8-14)21-26-19-18(30-21)20(24-13-23-19)29-12-17(28)25-16-10-6-5-9-15(16)22/h2-10,13H,11-12H2,1H3,(H,25,28). The number of amides is 1. The van der Waals surface area contributed by atoms with E-state index >= 15 is 0 Å². The van der Waals surface area contributed by atoms with Gasteiger partial charge in [-0.3, -0.25) is 4.79 Å². The van der Waals surface area contributed by atoms with E-state index in [9.17, 15) is 4.79 Å². The average Bonchev–Trinajstić information content (AvgIpc) is 3.20. The van der Waals surface area contributed by atoms with E-state index in [1.807, 2.05) is 37.4 Å². The van der Waals surface area contributed by atoms with Crippen LogP contribution in [0.15, 0.2) is 66.0 Å². The van der Waals surface area contributed by atoms with Crippen molar-refractivity contribution in [3.8, 4) is 0 Å². The van der Waals surface area contributed by atoms with E-state index in [1.54, 1.807) is 12.1 Å². The summed E-state index contributed by atoms with van der Waals surface area (Å²) in [5.41, 5.74) is 2.44. The van der Waals surface area contributed by atoms with Gasteiger partial charge in [0, 0.05) is 13.6 Å². The normalized spacial score (nSPS) is 10.9. The largest absolute Gasteiger partial charge is 0.347 e. The van der Waals surface area contributed by atoms with E-state index in [2.05, 4.69) is 37.3 Å². The average molecular weight is 456 g/mol. The van der Waals surface area contributed by atoms with Gasteiger partial charge in [0.2, 0.25) is 5.91 Å². The molecule has 30 heavy (non-hydrogen) atoms. The molecule has 0 aliphatic heterocycles. The SMILES string of the molecule is CN(Cc1ccccc1)c1nc2ncnc(SCC(=O)Nc3ccccc3Cl)c2s1. The number of hydrogen-bond donors (Lipinski definition) is 1. The predicted molar refractivity (Wildman–Crippen MR) is 125 cm³/mol. The highest BCUT2D eigenvalue weighted by Gasteiger charge is 2.15. The van der Waals surface area contributed by atoms with E-state index in [4.69, 9.17) is 11.6 Å². The highest BCUT2D eigenvalue weighted by atomic mass is 35.5. The Kier molecular flexibility index (Phi) is 6.47. The van der Waals surface area contributed by atoms with Crippen molar-refractivity contribution in [2.24, 2.45) is 0 Å². The number of hydrogen-bond acceptors (Lipinski definition) is 7. The summed E-state index contributed by atoms with van der Waals surface area (Å²) in [5, 5.41) is 4.93. The van der Waals surface area contributed by atoms with Gasteiger partial charge in [-0.2, -0.15) is 4.98 Å². The van der Waals surface area contributed by atoms with Gasteiger partial charge in [0.05, 0.1) is 16.5 Å². The number of carbonyl (C=O) groups is 1. The Bertz CT molecular complexity index is 1170. The van der Waals surface area contributed by atoms with Gasteiger partial charge in [-0.15, -0.1) is 0 Å². The van der Waals surface area contributed by atoms with Gasteiger partial charge in [-0.25, -0.2) is 9.97 Å². The predicted octanol–water partition coefficient (Wildman–Crippen LogP) is 5.11. The third kappa shape index (κ3) is 4.89. The molecule has 2 heterocycles. The fourth-order valence-corrected chi connectivity index (χ4v) is 4.83. The van der Waals surface area contributed by atoms with Gasteiger partial charge in [0.25, 0.3) is 0 Å². The first kappa shape index (κ1) is 20.6. The highest BCUT2D eigenvalue weighted by molar-refractivity contribution is 8.00. The molecule has 0 aliphatic carbocycles. The summed E-state index contributed by atoms with van der Waals surface area (Å²) in [6.07, 6.45) is 1.48. The Morgan fingerprint density at radius 3 is 2.70 bits per heavy atom. The number of aromatic nitrogens is 3. The van der Waals surface area contributed by atoms with Crippen LogP contribution in [0.4, 0.5) is 10.8 Å². The first-order valence-electron chi connectivity index (χ1n) is 9.14. The van der Waals surface area contributed by atoms with Crippen molar-refractivity contribution in [2.75, 3.05) is 23.0 Å². The Morgan fingerprint density at radius 1 is 1.13 bits per heavy atom. The number of para-hydroxylation sites is 1. The fourth-order valence-electron chi connectivity index (χ4n) is 2.80. The van der Waals surface area contributed by atoms with Crippen LogP contribution in [0.1, 0.15) is 5.56 Å². The first-order chi connectivity index (χ1) is 14.6. The van der Waals surface area contributed by atoms with Crippen molar-refractivity contribution in [1.82, 2.24) is 15.0 Å². The van der Waals surface area contributed by atoms with Crippen molar-refractivity contribution in [3.05, 3.63) is 71.5 Å². The van der Waals surface area contributed by atoms with E-state index in [1.165, 1.54) is 35.0 Å². The summed E-state index contributed by atoms with van der Waals surface area (Å²) >= 11 is 8.98. The second kappa shape index (κ2) is 9.42. The molecule has 6 nitrogen and oxygen atoms in total. The molecule has 0 unspecified atom stereocenters. The molecule has 0 aliphatic rings. The van der Waals surface area contributed by atoms with Crippen LogP contribution in [-0.2, 0) is 11.3 Å². The fraction of sp³-hybridized carbons (Fsp3) is 0.143. The maximum atomic E-state index is 12.3. The quantitative estimate of drug-likeness (QED) is 0.308. The zero-order valence-electron chi connectivity index (χ0n) is 16.1. The van der Waals surface area contributed by atoms with Gasteiger partial charge in [0.15, 0.2) is 10.8 Å². The van der Waals surface area contributed by atoms with Crippen LogP contribution < -0.4 is 10.2 Å². The number of thioether (sulfide) groups is 1. The van der Waals surface area contributed by atoms with Crippen LogP contribution in [-0.4, -0.2) is 33.7 Å². The molecule has 0 atom stereocenters. The topological polar surface area (TPSA) is 71.0 Å². The van der Waals surface area contributed by atoms with Gasteiger partial charge < -0.3 is 10.2 Å². The second-order valence-corrected chi connectivity index (χ2v) is 8.84. The van der Waals surface area contributed by atoms with Crippen LogP contribution in [0.5, 0.6) is 0 Å². The van der Waals surface area contributed by atoms with Crippen LogP contribution >= 0.6 is 34.7 Å². The molecule has 1 amide bonds. The third-order valence-electron chi connectivity index (χ3n) is 4.22. The van der Waals surface area contributed by atoms with Crippen LogP contribution in [0, 0.1) is 0 Å². The third-order valence-corrected chi connectivity index (χ3v) is 6.84. The Labute approximate surface area is 187 Å². The molecule has 0 bridgehead atoms. The zero-order valence-corrected chi connectivity index (χ0v) is 18.5. The van der Waals surface area contributed by atoms with Gasteiger partial charge in [-0.1, -0.05) is 77.2 Å². The monoisotopic (exact) mass is 455 g/mol. The molecule has 1 N–H and O–H groups in total.